The van der Waals surface area contributed by atoms with E-state index in [-0.39, 0.29) is 17.9 Å². The molecular weight excluding hydrogens is 374 g/mol. The van der Waals surface area contributed by atoms with E-state index in [9.17, 15) is 9.59 Å². The normalized spacial score (nSPS) is 20.9. The second-order valence-electron chi connectivity index (χ2n) is 8.87. The van der Waals surface area contributed by atoms with Gasteiger partial charge in [0.1, 0.15) is 0 Å². The molecule has 0 spiro atoms. The monoisotopic (exact) mass is 407 g/mol. The molecule has 2 N–H and O–H groups in total. The van der Waals surface area contributed by atoms with Crippen molar-refractivity contribution in [1.29, 1.82) is 0 Å². The summed E-state index contributed by atoms with van der Waals surface area (Å²) in [5.41, 5.74) is 1.02. The Kier molecular flexibility index (Phi) is 7.00. The Balaban J connectivity index is 1.24. The quantitative estimate of drug-likeness (QED) is 0.773. The molecule has 1 heterocycles. The van der Waals surface area contributed by atoms with E-state index in [1.165, 1.54) is 37.5 Å². The van der Waals surface area contributed by atoms with Gasteiger partial charge in [-0.2, -0.15) is 0 Å². The summed E-state index contributed by atoms with van der Waals surface area (Å²) in [7, 11) is 0. The topological polar surface area (TPSA) is 61.4 Å². The van der Waals surface area contributed by atoms with Crippen LogP contribution in [-0.4, -0.2) is 48.9 Å². The number of fused-ring (bicyclic) bond motifs is 1. The first-order valence-corrected chi connectivity index (χ1v) is 11.4. The number of carbonyl (C=O) groups is 2. The van der Waals surface area contributed by atoms with E-state index in [4.69, 9.17) is 0 Å². The largest absolute Gasteiger partial charge is 0.354 e. The molecule has 2 fully saturated rings. The van der Waals surface area contributed by atoms with E-state index in [2.05, 4.69) is 34.9 Å². The summed E-state index contributed by atoms with van der Waals surface area (Å²) in [5, 5.41) is 8.74. The molecule has 0 radical (unpaired) electrons. The molecule has 5 nitrogen and oxygen atoms in total. The molecule has 2 aromatic rings. The lowest BCUT2D eigenvalue weighted by Gasteiger charge is -2.28. The molecule has 1 unspecified atom stereocenters. The number of hydrogen-bond acceptors (Lipinski definition) is 3. The van der Waals surface area contributed by atoms with E-state index < -0.39 is 0 Å². The van der Waals surface area contributed by atoms with Crippen LogP contribution in [-0.2, 0) is 16.0 Å². The summed E-state index contributed by atoms with van der Waals surface area (Å²) in [6.45, 7) is 2.63. The Bertz CT molecular complexity index is 876. The van der Waals surface area contributed by atoms with E-state index in [1.807, 2.05) is 23.1 Å². The summed E-state index contributed by atoms with van der Waals surface area (Å²) < 4.78 is 0. The number of hydrogen-bond donors (Lipinski definition) is 2. The van der Waals surface area contributed by atoms with Gasteiger partial charge in [0.05, 0.1) is 13.0 Å². The number of nitrogens with zero attached hydrogens (tertiary/aromatic N) is 1. The summed E-state index contributed by atoms with van der Waals surface area (Å²) in [6, 6.07) is 14.5. The molecule has 1 saturated carbocycles. The van der Waals surface area contributed by atoms with Crippen molar-refractivity contribution in [3.05, 3.63) is 48.0 Å². The van der Waals surface area contributed by atoms with Gasteiger partial charge in [0.25, 0.3) is 0 Å². The third-order valence-corrected chi connectivity index (χ3v) is 6.57. The number of rotatable bonds is 6. The molecular formula is C25H33N3O2. The number of benzene rings is 2. The van der Waals surface area contributed by atoms with Crippen LogP contribution >= 0.6 is 0 Å². The first-order chi connectivity index (χ1) is 14.7. The first kappa shape index (κ1) is 20.9. The van der Waals surface area contributed by atoms with Crippen molar-refractivity contribution in [3.8, 4) is 0 Å². The highest BCUT2D eigenvalue weighted by Crippen LogP contribution is 2.25. The standard InChI is InChI=1S/C25H33N3O2/c29-24(15-20-10-11-21-8-4-5-9-22(21)14-20)27-16-23-12-13-28(25(30)17-26-23)18-19-6-2-1-3-7-19/h4-5,8-11,14,19,23,26H,1-3,6-7,12-13,15-18H2,(H,27,29). The van der Waals surface area contributed by atoms with Crippen molar-refractivity contribution in [2.45, 2.75) is 51.0 Å². The smallest absolute Gasteiger partial charge is 0.236 e. The van der Waals surface area contributed by atoms with Gasteiger partial charge in [0, 0.05) is 25.7 Å². The predicted molar refractivity (Wildman–Crippen MR) is 120 cm³/mol. The van der Waals surface area contributed by atoms with Crippen molar-refractivity contribution >= 4 is 22.6 Å². The Morgan fingerprint density at radius 2 is 1.83 bits per heavy atom. The second kappa shape index (κ2) is 10.1. The number of carbonyl (C=O) groups excluding carboxylic acids is 2. The molecule has 1 atom stereocenters. The molecule has 1 aliphatic heterocycles. The predicted octanol–water partition coefficient (Wildman–Crippen LogP) is 3.27. The highest BCUT2D eigenvalue weighted by atomic mass is 16.2. The van der Waals surface area contributed by atoms with E-state index in [0.717, 1.165) is 30.5 Å². The van der Waals surface area contributed by atoms with Gasteiger partial charge < -0.3 is 15.5 Å². The lowest BCUT2D eigenvalue weighted by Crippen LogP contribution is -2.42. The minimum absolute atomic E-state index is 0.0294. The first-order valence-electron chi connectivity index (χ1n) is 11.4. The molecule has 4 rings (SSSR count). The highest BCUT2D eigenvalue weighted by molar-refractivity contribution is 5.85. The zero-order valence-corrected chi connectivity index (χ0v) is 17.7. The van der Waals surface area contributed by atoms with Crippen LogP contribution in [0.4, 0.5) is 0 Å². The summed E-state index contributed by atoms with van der Waals surface area (Å²) >= 11 is 0. The third-order valence-electron chi connectivity index (χ3n) is 6.57. The third kappa shape index (κ3) is 5.60. The fourth-order valence-corrected chi connectivity index (χ4v) is 4.76. The van der Waals surface area contributed by atoms with Crippen LogP contribution in [0.5, 0.6) is 0 Å². The molecule has 160 valence electrons. The molecule has 5 heteroatoms. The molecule has 1 saturated heterocycles. The van der Waals surface area contributed by atoms with Crippen LogP contribution < -0.4 is 10.6 Å². The van der Waals surface area contributed by atoms with Gasteiger partial charge in [-0.3, -0.25) is 9.59 Å². The molecule has 30 heavy (non-hydrogen) atoms. The fourth-order valence-electron chi connectivity index (χ4n) is 4.76. The van der Waals surface area contributed by atoms with Crippen molar-refractivity contribution < 1.29 is 9.59 Å². The van der Waals surface area contributed by atoms with Gasteiger partial charge in [-0.1, -0.05) is 61.7 Å². The molecule has 2 amide bonds. The second-order valence-corrected chi connectivity index (χ2v) is 8.87. The van der Waals surface area contributed by atoms with Gasteiger partial charge in [0.15, 0.2) is 0 Å². The number of amides is 2. The van der Waals surface area contributed by atoms with Crippen LogP contribution in [0, 0.1) is 5.92 Å². The zero-order valence-electron chi connectivity index (χ0n) is 17.7. The molecule has 2 aliphatic rings. The van der Waals surface area contributed by atoms with Gasteiger partial charge >= 0.3 is 0 Å². The minimum Gasteiger partial charge on any atom is -0.354 e. The zero-order chi connectivity index (χ0) is 20.8. The average molecular weight is 408 g/mol. The van der Waals surface area contributed by atoms with Crippen LogP contribution in [0.15, 0.2) is 42.5 Å². The van der Waals surface area contributed by atoms with Crippen molar-refractivity contribution in [1.82, 2.24) is 15.5 Å². The average Bonchev–Trinajstić information content (AvgIpc) is 2.94. The van der Waals surface area contributed by atoms with E-state index >= 15 is 0 Å². The van der Waals surface area contributed by atoms with Crippen LogP contribution in [0.3, 0.4) is 0 Å². The van der Waals surface area contributed by atoms with Crippen molar-refractivity contribution in [2.75, 3.05) is 26.2 Å². The van der Waals surface area contributed by atoms with Crippen LogP contribution in [0.25, 0.3) is 10.8 Å². The minimum atomic E-state index is 0.0294. The van der Waals surface area contributed by atoms with Crippen LogP contribution in [0.1, 0.15) is 44.1 Å². The number of nitrogens with one attached hydrogen (secondary N) is 2. The SMILES string of the molecule is O=C(Cc1ccc2ccccc2c1)NCC1CCN(CC2CCCCC2)C(=O)CN1. The van der Waals surface area contributed by atoms with Gasteiger partial charge in [0.2, 0.25) is 11.8 Å². The highest BCUT2D eigenvalue weighted by Gasteiger charge is 2.25. The van der Waals surface area contributed by atoms with E-state index in [1.54, 1.807) is 0 Å². The summed E-state index contributed by atoms with van der Waals surface area (Å²) in [4.78, 5) is 27.0. The molecule has 0 bridgehead atoms. The maximum atomic E-state index is 12.5. The molecule has 2 aromatic carbocycles. The summed E-state index contributed by atoms with van der Waals surface area (Å²) in [6.07, 6.45) is 7.72. The van der Waals surface area contributed by atoms with E-state index in [0.29, 0.717) is 25.4 Å². The summed E-state index contributed by atoms with van der Waals surface area (Å²) in [5.74, 6) is 0.896. The Morgan fingerprint density at radius 3 is 2.67 bits per heavy atom. The Labute approximate surface area is 179 Å². The fraction of sp³-hybridized carbons (Fsp3) is 0.520. The van der Waals surface area contributed by atoms with Gasteiger partial charge in [-0.25, -0.2) is 0 Å². The lowest BCUT2D eigenvalue weighted by atomic mass is 9.89. The Hall–Kier alpha value is -2.40. The maximum Gasteiger partial charge on any atom is 0.236 e. The molecule has 0 aromatic heterocycles. The van der Waals surface area contributed by atoms with Crippen molar-refractivity contribution in [3.63, 3.8) is 0 Å². The lowest BCUT2D eigenvalue weighted by molar-refractivity contribution is -0.130. The maximum absolute atomic E-state index is 12.5. The van der Waals surface area contributed by atoms with Gasteiger partial charge in [-0.15, -0.1) is 0 Å². The van der Waals surface area contributed by atoms with Gasteiger partial charge in [-0.05, 0) is 41.5 Å². The molecule has 1 aliphatic carbocycles. The Morgan fingerprint density at radius 1 is 1.03 bits per heavy atom. The van der Waals surface area contributed by atoms with Crippen molar-refractivity contribution in [2.24, 2.45) is 5.92 Å². The van der Waals surface area contributed by atoms with Crippen LogP contribution in [0.2, 0.25) is 0 Å².